The third kappa shape index (κ3) is 6.31. The SMILES string of the molecule is CC1(C)c2ccccc2-c2ccc(N(c3ccc4c(c3)C(c3ccccc3)(c3ccccc3)c3ccccc3-4)c3c(-c4ccccc4)cc(-c4ccccc4)cc3-c3cccc4ccccc34)cc21. The summed E-state index contributed by atoms with van der Waals surface area (Å²) < 4.78 is 0. The van der Waals surface area contributed by atoms with Crippen LogP contribution < -0.4 is 4.90 Å². The Bertz CT molecular complexity index is 3690. The minimum Gasteiger partial charge on any atom is -0.309 e. The van der Waals surface area contributed by atoms with Crippen LogP contribution in [0.25, 0.3) is 66.4 Å². The first-order valence-electron chi connectivity index (χ1n) is 24.2. The number of benzene rings is 11. The van der Waals surface area contributed by atoms with E-state index in [-0.39, 0.29) is 5.41 Å². The number of hydrogen-bond donors (Lipinski definition) is 0. The summed E-state index contributed by atoms with van der Waals surface area (Å²) in [6, 6.07) is 97.2. The maximum absolute atomic E-state index is 2.59. The molecular formula is C68H49N. The Labute approximate surface area is 405 Å². The molecule has 2 aliphatic rings. The maximum Gasteiger partial charge on any atom is 0.0714 e. The van der Waals surface area contributed by atoms with Crippen LogP contribution in [-0.2, 0) is 10.8 Å². The third-order valence-electron chi connectivity index (χ3n) is 15.1. The van der Waals surface area contributed by atoms with Crippen molar-refractivity contribution < 1.29 is 0 Å². The van der Waals surface area contributed by atoms with Gasteiger partial charge < -0.3 is 4.90 Å². The van der Waals surface area contributed by atoms with E-state index in [1.54, 1.807) is 0 Å². The lowest BCUT2D eigenvalue weighted by Crippen LogP contribution is -2.28. The smallest absolute Gasteiger partial charge is 0.0714 e. The van der Waals surface area contributed by atoms with Crippen molar-refractivity contribution in [1.29, 1.82) is 0 Å². The van der Waals surface area contributed by atoms with E-state index in [1.807, 2.05) is 0 Å². The predicted octanol–water partition coefficient (Wildman–Crippen LogP) is 18.0. The van der Waals surface area contributed by atoms with Gasteiger partial charge in [-0.05, 0) is 125 Å². The molecule has 69 heavy (non-hydrogen) atoms. The van der Waals surface area contributed by atoms with Crippen molar-refractivity contribution in [2.24, 2.45) is 0 Å². The van der Waals surface area contributed by atoms with Crippen LogP contribution in [0.3, 0.4) is 0 Å². The average Bonchev–Trinajstić information content (AvgIpc) is 3.84. The molecule has 0 heterocycles. The van der Waals surface area contributed by atoms with Crippen LogP contribution in [0.1, 0.15) is 47.2 Å². The molecule has 0 bridgehead atoms. The number of nitrogens with zero attached hydrogens (tertiary/aromatic N) is 1. The molecule has 0 amide bonds. The van der Waals surface area contributed by atoms with Crippen molar-refractivity contribution in [3.8, 4) is 55.6 Å². The molecule has 0 aliphatic heterocycles. The van der Waals surface area contributed by atoms with Crippen LogP contribution >= 0.6 is 0 Å². The predicted molar refractivity (Wildman–Crippen MR) is 290 cm³/mol. The molecule has 0 radical (unpaired) electrons. The Kier molecular flexibility index (Phi) is 9.49. The molecule has 326 valence electrons. The zero-order valence-electron chi connectivity index (χ0n) is 38.8. The Morgan fingerprint density at radius 2 is 0.754 bits per heavy atom. The van der Waals surface area contributed by atoms with E-state index in [9.17, 15) is 0 Å². The summed E-state index contributed by atoms with van der Waals surface area (Å²) in [5.74, 6) is 0. The van der Waals surface area contributed by atoms with Crippen molar-refractivity contribution in [1.82, 2.24) is 0 Å². The molecule has 0 N–H and O–H groups in total. The molecule has 0 saturated carbocycles. The molecule has 1 heteroatoms. The van der Waals surface area contributed by atoms with Crippen LogP contribution in [-0.4, -0.2) is 0 Å². The second-order valence-corrected chi connectivity index (χ2v) is 19.2. The molecule has 0 atom stereocenters. The fourth-order valence-electron chi connectivity index (χ4n) is 12.0. The molecule has 0 spiro atoms. The largest absolute Gasteiger partial charge is 0.309 e. The lowest BCUT2D eigenvalue weighted by atomic mass is 9.67. The molecule has 0 unspecified atom stereocenters. The van der Waals surface area contributed by atoms with Crippen molar-refractivity contribution in [3.05, 3.63) is 294 Å². The lowest BCUT2D eigenvalue weighted by Gasteiger charge is -2.36. The van der Waals surface area contributed by atoms with E-state index >= 15 is 0 Å². The minimum absolute atomic E-state index is 0.207. The van der Waals surface area contributed by atoms with Gasteiger partial charge in [0.1, 0.15) is 0 Å². The quantitative estimate of drug-likeness (QED) is 0.147. The first-order valence-corrected chi connectivity index (χ1v) is 24.2. The third-order valence-corrected chi connectivity index (χ3v) is 15.1. The number of hydrogen-bond acceptors (Lipinski definition) is 1. The summed E-state index contributed by atoms with van der Waals surface area (Å²) in [4.78, 5) is 2.59. The van der Waals surface area contributed by atoms with Gasteiger partial charge in [-0.2, -0.15) is 0 Å². The van der Waals surface area contributed by atoms with Gasteiger partial charge in [0.25, 0.3) is 0 Å². The molecular weight excluding hydrogens is 831 g/mol. The molecule has 0 fully saturated rings. The van der Waals surface area contributed by atoms with Crippen LogP contribution in [0.2, 0.25) is 0 Å². The summed E-state index contributed by atoms with van der Waals surface area (Å²) in [7, 11) is 0. The van der Waals surface area contributed by atoms with E-state index in [1.165, 1.54) is 83.1 Å². The van der Waals surface area contributed by atoms with Gasteiger partial charge in [0.15, 0.2) is 0 Å². The highest BCUT2D eigenvalue weighted by molar-refractivity contribution is 6.07. The van der Waals surface area contributed by atoms with Crippen molar-refractivity contribution in [2.45, 2.75) is 24.7 Å². The molecule has 2 aliphatic carbocycles. The highest BCUT2D eigenvalue weighted by Crippen LogP contribution is 2.59. The maximum atomic E-state index is 2.59. The number of anilines is 3. The molecule has 0 aromatic heterocycles. The van der Waals surface area contributed by atoms with Gasteiger partial charge in [-0.1, -0.05) is 238 Å². The van der Waals surface area contributed by atoms with Crippen LogP contribution in [0, 0.1) is 0 Å². The van der Waals surface area contributed by atoms with Crippen LogP contribution in [0.15, 0.2) is 261 Å². The summed E-state index contributed by atoms with van der Waals surface area (Å²) in [6.45, 7) is 4.77. The van der Waals surface area contributed by atoms with Gasteiger partial charge in [0.2, 0.25) is 0 Å². The van der Waals surface area contributed by atoms with Gasteiger partial charge in [0.05, 0.1) is 11.1 Å². The molecule has 11 aromatic rings. The standard InChI is InChI=1S/C68H49N/c1-67(2)62-36-19-17-33-56(62)58-40-38-52(44-64(58)67)69(53-39-41-59-57-34-18-20-37-63(57)68(65(59)45-53,50-28-11-5-12-29-50)51-30-13-6-14-31-51)66-60(48-24-9-4-10-25-48)42-49(46-22-7-3-8-23-46)43-61(66)55-35-21-27-47-26-15-16-32-54(47)55/h3-45H,1-2H3. The molecule has 1 nitrogen and oxygen atoms in total. The Morgan fingerprint density at radius 1 is 0.290 bits per heavy atom. The summed E-state index contributed by atoms with van der Waals surface area (Å²) in [5, 5.41) is 2.43. The summed E-state index contributed by atoms with van der Waals surface area (Å²) in [6.07, 6.45) is 0. The number of fused-ring (bicyclic) bond motifs is 7. The van der Waals surface area contributed by atoms with Gasteiger partial charge in [-0.3, -0.25) is 0 Å². The van der Waals surface area contributed by atoms with E-state index in [2.05, 4.69) is 280 Å². The topological polar surface area (TPSA) is 3.24 Å². The zero-order chi connectivity index (χ0) is 46.1. The summed E-state index contributed by atoms with van der Waals surface area (Å²) >= 11 is 0. The van der Waals surface area contributed by atoms with E-state index < -0.39 is 5.41 Å². The van der Waals surface area contributed by atoms with Crippen LogP contribution in [0.5, 0.6) is 0 Å². The Morgan fingerprint density at radius 3 is 1.42 bits per heavy atom. The zero-order valence-corrected chi connectivity index (χ0v) is 38.8. The second kappa shape index (κ2) is 16.1. The highest BCUT2D eigenvalue weighted by Gasteiger charge is 2.46. The molecule has 11 aromatic carbocycles. The highest BCUT2D eigenvalue weighted by atomic mass is 15.1. The van der Waals surface area contributed by atoms with Gasteiger partial charge in [-0.25, -0.2) is 0 Å². The fourth-order valence-corrected chi connectivity index (χ4v) is 12.0. The van der Waals surface area contributed by atoms with Gasteiger partial charge in [0, 0.05) is 27.9 Å². The normalized spacial score (nSPS) is 13.6. The van der Waals surface area contributed by atoms with Crippen molar-refractivity contribution in [2.75, 3.05) is 4.90 Å². The molecule has 0 saturated heterocycles. The van der Waals surface area contributed by atoms with Crippen molar-refractivity contribution >= 4 is 27.8 Å². The van der Waals surface area contributed by atoms with E-state index in [4.69, 9.17) is 0 Å². The fraction of sp³-hybridized carbons (Fsp3) is 0.0588. The minimum atomic E-state index is -0.574. The monoisotopic (exact) mass is 879 g/mol. The van der Waals surface area contributed by atoms with Crippen LogP contribution in [0.4, 0.5) is 17.1 Å². The number of rotatable bonds is 8. The lowest BCUT2D eigenvalue weighted by molar-refractivity contribution is 0.660. The Hall–Kier alpha value is -8.52. The van der Waals surface area contributed by atoms with Gasteiger partial charge >= 0.3 is 0 Å². The first kappa shape index (κ1) is 40.7. The first-order chi connectivity index (χ1) is 34.0. The summed E-state index contributed by atoms with van der Waals surface area (Å²) in [5.41, 5.74) is 22.5. The average molecular weight is 880 g/mol. The van der Waals surface area contributed by atoms with E-state index in [0.717, 1.165) is 33.8 Å². The Balaban J connectivity index is 1.18. The molecule has 13 rings (SSSR count). The second-order valence-electron chi connectivity index (χ2n) is 19.2. The van der Waals surface area contributed by atoms with Gasteiger partial charge in [-0.15, -0.1) is 0 Å². The van der Waals surface area contributed by atoms with Crippen molar-refractivity contribution in [3.63, 3.8) is 0 Å². The van der Waals surface area contributed by atoms with E-state index in [0.29, 0.717) is 0 Å².